The fourth-order valence-electron chi connectivity index (χ4n) is 3.40. The van der Waals surface area contributed by atoms with Crippen molar-refractivity contribution < 1.29 is 9.47 Å². The van der Waals surface area contributed by atoms with Crippen LogP contribution in [0.15, 0.2) is 71.7 Å². The van der Waals surface area contributed by atoms with E-state index in [1.807, 2.05) is 61.5 Å². The average molecular weight is 401 g/mol. The van der Waals surface area contributed by atoms with Crippen LogP contribution in [0.2, 0.25) is 0 Å². The Morgan fingerprint density at radius 2 is 1.80 bits per heavy atom. The molecule has 6 heteroatoms. The van der Waals surface area contributed by atoms with Crippen LogP contribution in [-0.4, -0.2) is 23.8 Å². The Morgan fingerprint density at radius 3 is 2.53 bits per heavy atom. The van der Waals surface area contributed by atoms with Crippen molar-refractivity contribution in [1.29, 1.82) is 0 Å². The van der Waals surface area contributed by atoms with Crippen LogP contribution in [0.1, 0.15) is 11.1 Å². The van der Waals surface area contributed by atoms with Gasteiger partial charge in [0.05, 0.1) is 31.6 Å². The number of anilines is 1. The second-order valence-electron chi connectivity index (χ2n) is 7.01. The molecule has 6 nitrogen and oxygen atoms in total. The summed E-state index contributed by atoms with van der Waals surface area (Å²) in [5.74, 6) is 2.09. The third-order valence-electron chi connectivity index (χ3n) is 5.01. The summed E-state index contributed by atoms with van der Waals surface area (Å²) in [5.41, 5.74) is 3.68. The minimum Gasteiger partial charge on any atom is -0.497 e. The summed E-state index contributed by atoms with van der Waals surface area (Å²) in [5, 5.41) is 4.34. The molecule has 30 heavy (non-hydrogen) atoms. The monoisotopic (exact) mass is 401 g/mol. The number of nitrogens with zero attached hydrogens (tertiary/aromatic N) is 2. The summed E-state index contributed by atoms with van der Waals surface area (Å²) in [6.07, 6.45) is 1.73. The number of pyridine rings is 2. The Kier molecular flexibility index (Phi) is 5.39. The highest BCUT2D eigenvalue weighted by molar-refractivity contribution is 5.81. The molecular formula is C24H23N3O3. The highest BCUT2D eigenvalue weighted by Gasteiger charge is 2.08. The molecule has 0 saturated carbocycles. The van der Waals surface area contributed by atoms with Gasteiger partial charge in [0.1, 0.15) is 17.3 Å². The van der Waals surface area contributed by atoms with Gasteiger partial charge in [-0.05, 0) is 54.3 Å². The summed E-state index contributed by atoms with van der Waals surface area (Å²) in [6, 6.07) is 18.9. The third kappa shape index (κ3) is 3.85. The van der Waals surface area contributed by atoms with Crippen LogP contribution in [0.25, 0.3) is 16.7 Å². The molecule has 0 fully saturated rings. The second-order valence-corrected chi connectivity index (χ2v) is 7.01. The topological polar surface area (TPSA) is 65.4 Å². The van der Waals surface area contributed by atoms with Crippen LogP contribution < -0.4 is 20.3 Å². The summed E-state index contributed by atoms with van der Waals surface area (Å²) >= 11 is 0. The van der Waals surface area contributed by atoms with Crippen molar-refractivity contribution in [2.45, 2.75) is 13.5 Å². The number of ether oxygens (including phenoxy) is 2. The Labute approximate surface area is 174 Å². The zero-order chi connectivity index (χ0) is 21.1. The van der Waals surface area contributed by atoms with Gasteiger partial charge in [-0.1, -0.05) is 12.1 Å². The van der Waals surface area contributed by atoms with Crippen LogP contribution >= 0.6 is 0 Å². The molecule has 0 amide bonds. The van der Waals surface area contributed by atoms with Crippen molar-refractivity contribution in [3.05, 3.63) is 88.3 Å². The Morgan fingerprint density at radius 1 is 0.967 bits per heavy atom. The summed E-state index contributed by atoms with van der Waals surface area (Å²) in [6.45, 7) is 2.58. The van der Waals surface area contributed by atoms with Crippen molar-refractivity contribution >= 4 is 16.6 Å². The molecule has 2 heterocycles. The van der Waals surface area contributed by atoms with Gasteiger partial charge in [0.15, 0.2) is 0 Å². The van der Waals surface area contributed by atoms with Gasteiger partial charge < -0.3 is 14.8 Å². The normalized spacial score (nSPS) is 10.8. The van der Waals surface area contributed by atoms with Crippen molar-refractivity contribution in [3.63, 3.8) is 0 Å². The van der Waals surface area contributed by atoms with Gasteiger partial charge in [0, 0.05) is 24.2 Å². The molecule has 1 N–H and O–H groups in total. The molecule has 0 aliphatic carbocycles. The van der Waals surface area contributed by atoms with Crippen LogP contribution in [0, 0.1) is 6.92 Å². The number of nitrogens with one attached hydrogen (secondary N) is 1. The lowest BCUT2D eigenvalue weighted by atomic mass is 10.1. The Hall–Kier alpha value is -3.80. The molecule has 2 aromatic heterocycles. The van der Waals surface area contributed by atoms with E-state index in [1.54, 1.807) is 31.0 Å². The smallest absolute Gasteiger partial charge is 0.256 e. The van der Waals surface area contributed by atoms with E-state index in [-0.39, 0.29) is 5.56 Å². The van der Waals surface area contributed by atoms with Crippen molar-refractivity contribution in [2.75, 3.05) is 19.5 Å². The van der Waals surface area contributed by atoms with Gasteiger partial charge in [0.25, 0.3) is 5.56 Å². The lowest BCUT2D eigenvalue weighted by Gasteiger charge is -2.13. The molecule has 0 spiro atoms. The van der Waals surface area contributed by atoms with E-state index in [9.17, 15) is 4.79 Å². The maximum absolute atomic E-state index is 12.5. The number of benzene rings is 2. The predicted octanol–water partition coefficient (Wildman–Crippen LogP) is 4.32. The van der Waals surface area contributed by atoms with Crippen LogP contribution in [0.4, 0.5) is 5.69 Å². The summed E-state index contributed by atoms with van der Waals surface area (Å²) in [7, 11) is 3.26. The quantitative estimate of drug-likeness (QED) is 0.521. The standard InChI is InChI=1S/C24H23N3O3/c1-16-4-5-17-7-11-24(28)27(21(17)12-16)23-10-8-19(15-26-23)25-14-18-6-9-20(29-2)13-22(18)30-3/h4-13,15,25H,14H2,1-3H3. The van der Waals surface area contributed by atoms with E-state index < -0.39 is 0 Å². The van der Waals surface area contributed by atoms with Gasteiger partial charge in [-0.2, -0.15) is 0 Å². The number of aryl methyl sites for hydroxylation is 1. The van der Waals surface area contributed by atoms with E-state index in [1.165, 1.54) is 0 Å². The molecule has 0 unspecified atom stereocenters. The lowest BCUT2D eigenvalue weighted by Crippen LogP contribution is -2.18. The van der Waals surface area contributed by atoms with E-state index in [0.29, 0.717) is 12.4 Å². The molecule has 0 aliphatic heterocycles. The zero-order valence-electron chi connectivity index (χ0n) is 17.2. The number of hydrogen-bond donors (Lipinski definition) is 1. The van der Waals surface area contributed by atoms with E-state index in [4.69, 9.17) is 9.47 Å². The maximum Gasteiger partial charge on any atom is 0.256 e. The van der Waals surface area contributed by atoms with Crippen LogP contribution in [0.3, 0.4) is 0 Å². The first kappa shape index (κ1) is 19.5. The van der Waals surface area contributed by atoms with Crippen molar-refractivity contribution in [2.24, 2.45) is 0 Å². The van der Waals surface area contributed by atoms with E-state index in [2.05, 4.69) is 10.3 Å². The molecule has 0 bridgehead atoms. The molecule has 0 saturated heterocycles. The summed E-state index contributed by atoms with van der Waals surface area (Å²) < 4.78 is 12.3. The van der Waals surface area contributed by atoms with Crippen LogP contribution in [0.5, 0.6) is 11.5 Å². The second kappa shape index (κ2) is 8.29. The number of hydrogen-bond acceptors (Lipinski definition) is 5. The molecule has 2 aromatic carbocycles. The first-order chi connectivity index (χ1) is 14.6. The van der Waals surface area contributed by atoms with Crippen molar-refractivity contribution in [3.8, 4) is 17.3 Å². The number of methoxy groups -OCH3 is 2. The highest BCUT2D eigenvalue weighted by atomic mass is 16.5. The SMILES string of the molecule is COc1ccc(CNc2ccc(-n3c(=O)ccc4ccc(C)cc43)nc2)c(OC)c1. The molecule has 0 radical (unpaired) electrons. The molecule has 4 aromatic rings. The summed E-state index contributed by atoms with van der Waals surface area (Å²) in [4.78, 5) is 17.1. The van der Waals surface area contributed by atoms with E-state index in [0.717, 1.165) is 39.2 Å². The van der Waals surface area contributed by atoms with Gasteiger partial charge in [-0.25, -0.2) is 4.98 Å². The molecule has 0 atom stereocenters. The van der Waals surface area contributed by atoms with Gasteiger partial charge in [-0.15, -0.1) is 0 Å². The average Bonchev–Trinajstić information content (AvgIpc) is 2.78. The highest BCUT2D eigenvalue weighted by Crippen LogP contribution is 2.25. The minimum atomic E-state index is -0.107. The van der Waals surface area contributed by atoms with E-state index >= 15 is 0 Å². The number of fused-ring (bicyclic) bond motifs is 1. The third-order valence-corrected chi connectivity index (χ3v) is 5.01. The zero-order valence-corrected chi connectivity index (χ0v) is 17.2. The molecule has 0 aliphatic rings. The molecular weight excluding hydrogens is 378 g/mol. The van der Waals surface area contributed by atoms with Crippen molar-refractivity contribution in [1.82, 2.24) is 9.55 Å². The maximum atomic E-state index is 12.5. The first-order valence-electron chi connectivity index (χ1n) is 9.62. The molecule has 4 rings (SSSR count). The largest absolute Gasteiger partial charge is 0.497 e. The number of aromatic nitrogens is 2. The van der Waals surface area contributed by atoms with Crippen LogP contribution in [-0.2, 0) is 6.54 Å². The first-order valence-corrected chi connectivity index (χ1v) is 9.62. The fourth-order valence-corrected chi connectivity index (χ4v) is 3.40. The lowest BCUT2D eigenvalue weighted by molar-refractivity contribution is 0.391. The minimum absolute atomic E-state index is 0.107. The Balaban J connectivity index is 1.59. The molecule has 152 valence electrons. The predicted molar refractivity (Wildman–Crippen MR) is 119 cm³/mol. The van der Waals surface area contributed by atoms with Gasteiger partial charge >= 0.3 is 0 Å². The number of rotatable bonds is 6. The van der Waals surface area contributed by atoms with Gasteiger partial charge in [0.2, 0.25) is 0 Å². The van der Waals surface area contributed by atoms with Gasteiger partial charge in [-0.3, -0.25) is 9.36 Å². The Bertz CT molecular complexity index is 1250. The fraction of sp³-hybridized carbons (Fsp3) is 0.167.